The fourth-order valence-corrected chi connectivity index (χ4v) is 1.60. The van der Waals surface area contributed by atoms with Crippen molar-refractivity contribution in [3.8, 4) is 0 Å². The maximum atomic E-state index is 13.5. The summed E-state index contributed by atoms with van der Waals surface area (Å²) in [5.41, 5.74) is 2.13. The van der Waals surface area contributed by atoms with Crippen LogP contribution in [0.15, 0.2) is 28.9 Å². The van der Waals surface area contributed by atoms with Crippen LogP contribution in [0.4, 0.5) is 4.39 Å². The van der Waals surface area contributed by atoms with Gasteiger partial charge < -0.3 is 5.32 Å². The molecular formula is C12H14FN3O. The van der Waals surface area contributed by atoms with Crippen molar-refractivity contribution in [2.45, 2.75) is 26.4 Å². The summed E-state index contributed by atoms with van der Waals surface area (Å²) in [6.07, 6.45) is 0. The molecule has 0 fully saturated rings. The first-order valence-corrected chi connectivity index (χ1v) is 5.44. The molecule has 1 aromatic heterocycles. The minimum Gasteiger partial charge on any atom is -0.304 e. The van der Waals surface area contributed by atoms with Crippen LogP contribution in [-0.4, -0.2) is 10.3 Å². The predicted molar refractivity (Wildman–Crippen MR) is 60.7 cm³/mol. The molecule has 17 heavy (non-hydrogen) atoms. The molecule has 4 nitrogen and oxygen atoms in total. The summed E-state index contributed by atoms with van der Waals surface area (Å²) in [5, 5.41) is 10.6. The lowest BCUT2D eigenvalue weighted by Crippen LogP contribution is -2.19. The number of aryl methyl sites for hydroxylation is 1. The summed E-state index contributed by atoms with van der Waals surface area (Å²) in [6, 6.07) is 6.63. The Morgan fingerprint density at radius 1 is 1.35 bits per heavy atom. The van der Waals surface area contributed by atoms with Crippen LogP contribution >= 0.6 is 0 Å². The average Bonchev–Trinajstić information content (AvgIpc) is 2.72. The average molecular weight is 235 g/mol. The molecule has 2 rings (SSSR count). The largest absolute Gasteiger partial charge is 0.304 e. The fraction of sp³-hybridized carbons (Fsp3) is 0.333. The number of hydrogen-bond acceptors (Lipinski definition) is 4. The van der Waals surface area contributed by atoms with E-state index in [0.717, 1.165) is 11.4 Å². The number of halogens is 1. The molecule has 90 valence electrons. The van der Waals surface area contributed by atoms with E-state index in [4.69, 9.17) is 0 Å². The van der Waals surface area contributed by atoms with Crippen LogP contribution in [0.2, 0.25) is 0 Å². The minimum absolute atomic E-state index is 0.0905. The summed E-state index contributed by atoms with van der Waals surface area (Å²) >= 11 is 0. The van der Waals surface area contributed by atoms with E-state index >= 15 is 0 Å². The number of rotatable bonds is 4. The van der Waals surface area contributed by atoms with Crippen molar-refractivity contribution in [3.63, 3.8) is 0 Å². The Morgan fingerprint density at radius 2 is 2.12 bits per heavy atom. The number of hydrogen-bond donors (Lipinski definition) is 1. The van der Waals surface area contributed by atoms with Gasteiger partial charge in [0, 0.05) is 18.2 Å². The Bertz CT molecular complexity index is 498. The summed E-state index contributed by atoms with van der Waals surface area (Å²) in [5.74, 6) is -0.206. The molecule has 0 aliphatic heterocycles. The molecule has 1 aromatic carbocycles. The van der Waals surface area contributed by atoms with Gasteiger partial charge >= 0.3 is 0 Å². The van der Waals surface area contributed by atoms with Crippen LogP contribution < -0.4 is 5.32 Å². The van der Waals surface area contributed by atoms with Crippen molar-refractivity contribution in [3.05, 3.63) is 47.0 Å². The van der Waals surface area contributed by atoms with Gasteiger partial charge in [-0.15, -0.1) is 0 Å². The molecule has 5 heteroatoms. The van der Waals surface area contributed by atoms with Gasteiger partial charge in [0.2, 0.25) is 0 Å². The molecule has 1 N–H and O–H groups in total. The van der Waals surface area contributed by atoms with Crippen LogP contribution in [0.3, 0.4) is 0 Å². The van der Waals surface area contributed by atoms with E-state index in [0.29, 0.717) is 12.1 Å². The topological polar surface area (TPSA) is 51.0 Å². The number of nitrogens with zero attached hydrogens (tertiary/aromatic N) is 2. The van der Waals surface area contributed by atoms with Gasteiger partial charge in [-0.1, -0.05) is 28.5 Å². The van der Waals surface area contributed by atoms with Crippen LogP contribution in [-0.2, 0) is 6.54 Å². The van der Waals surface area contributed by atoms with E-state index in [9.17, 15) is 4.39 Å². The van der Waals surface area contributed by atoms with E-state index in [1.165, 1.54) is 6.07 Å². The van der Waals surface area contributed by atoms with Crippen LogP contribution in [0, 0.1) is 12.7 Å². The third-order valence-corrected chi connectivity index (χ3v) is 2.69. The second-order valence-electron chi connectivity index (χ2n) is 3.92. The molecule has 0 radical (unpaired) electrons. The molecule has 0 amide bonds. The van der Waals surface area contributed by atoms with Gasteiger partial charge in [0.25, 0.3) is 0 Å². The molecule has 0 saturated carbocycles. The van der Waals surface area contributed by atoms with Crippen LogP contribution in [0.25, 0.3) is 0 Å². The van der Waals surface area contributed by atoms with Gasteiger partial charge in [-0.05, 0) is 19.9 Å². The molecule has 0 unspecified atom stereocenters. The number of nitrogens with one attached hydrogen (secondary N) is 1. The van der Waals surface area contributed by atoms with Crippen molar-refractivity contribution >= 4 is 0 Å². The van der Waals surface area contributed by atoms with Gasteiger partial charge in [-0.3, -0.25) is 0 Å². The van der Waals surface area contributed by atoms with Crippen LogP contribution in [0.1, 0.15) is 29.9 Å². The van der Waals surface area contributed by atoms with E-state index in [-0.39, 0.29) is 11.9 Å². The Morgan fingerprint density at radius 3 is 2.76 bits per heavy atom. The van der Waals surface area contributed by atoms with E-state index in [2.05, 4.69) is 20.3 Å². The van der Waals surface area contributed by atoms with Crippen molar-refractivity contribution in [1.82, 2.24) is 15.6 Å². The molecule has 1 atom stereocenters. The lowest BCUT2D eigenvalue weighted by atomic mass is 10.1. The first-order valence-electron chi connectivity index (χ1n) is 5.44. The molecule has 1 heterocycles. The monoisotopic (exact) mass is 235 g/mol. The second-order valence-corrected chi connectivity index (χ2v) is 3.92. The predicted octanol–water partition coefficient (Wildman–Crippen LogP) is 2.37. The summed E-state index contributed by atoms with van der Waals surface area (Å²) in [6.45, 7) is 4.23. The second kappa shape index (κ2) is 5.05. The maximum Gasteiger partial charge on any atom is 0.127 e. The maximum absolute atomic E-state index is 13.5. The number of benzene rings is 1. The highest BCUT2D eigenvalue weighted by Gasteiger charge is 2.11. The Labute approximate surface area is 98.8 Å². The van der Waals surface area contributed by atoms with Gasteiger partial charge in [0.1, 0.15) is 17.2 Å². The van der Waals surface area contributed by atoms with E-state index in [1.54, 1.807) is 12.1 Å². The first kappa shape index (κ1) is 11.7. The first-order chi connectivity index (χ1) is 8.18. The van der Waals surface area contributed by atoms with Crippen molar-refractivity contribution in [1.29, 1.82) is 0 Å². The van der Waals surface area contributed by atoms with Crippen LogP contribution in [0.5, 0.6) is 0 Å². The summed E-state index contributed by atoms with van der Waals surface area (Å²) < 4.78 is 18.1. The molecule has 0 bridgehead atoms. The Kier molecular flexibility index (Phi) is 3.49. The van der Waals surface area contributed by atoms with Gasteiger partial charge in [-0.25, -0.2) is 9.02 Å². The molecule has 0 spiro atoms. The highest BCUT2D eigenvalue weighted by molar-refractivity contribution is 5.20. The lowest BCUT2D eigenvalue weighted by Gasteiger charge is -2.13. The Hall–Kier alpha value is -1.75. The third-order valence-electron chi connectivity index (χ3n) is 2.69. The number of aromatic nitrogens is 2. The molecule has 0 aliphatic carbocycles. The summed E-state index contributed by atoms with van der Waals surface area (Å²) in [4.78, 5) is 0. The highest BCUT2D eigenvalue weighted by atomic mass is 19.1. The zero-order chi connectivity index (χ0) is 12.3. The van der Waals surface area contributed by atoms with Crippen molar-refractivity contribution < 1.29 is 9.02 Å². The van der Waals surface area contributed by atoms with Gasteiger partial charge in [0.15, 0.2) is 0 Å². The SMILES string of the molecule is Cc1nonc1CN[C@H](C)c1ccccc1F. The zero-order valence-electron chi connectivity index (χ0n) is 9.77. The zero-order valence-corrected chi connectivity index (χ0v) is 9.77. The van der Waals surface area contributed by atoms with Gasteiger partial charge in [0.05, 0.1) is 0 Å². The van der Waals surface area contributed by atoms with E-state index < -0.39 is 0 Å². The van der Waals surface area contributed by atoms with Crippen molar-refractivity contribution in [2.75, 3.05) is 0 Å². The molecule has 0 aliphatic rings. The van der Waals surface area contributed by atoms with Crippen molar-refractivity contribution in [2.24, 2.45) is 0 Å². The molecular weight excluding hydrogens is 221 g/mol. The normalized spacial score (nSPS) is 12.6. The minimum atomic E-state index is -0.206. The fourth-order valence-electron chi connectivity index (χ4n) is 1.60. The van der Waals surface area contributed by atoms with E-state index in [1.807, 2.05) is 19.9 Å². The standard InChI is InChI=1S/C12H14FN3O/c1-8(10-5-3-4-6-11(10)13)14-7-12-9(2)15-17-16-12/h3-6,8,14H,7H2,1-2H3/t8-/m1/s1. The third kappa shape index (κ3) is 2.68. The molecule has 0 saturated heterocycles. The van der Waals surface area contributed by atoms with Gasteiger partial charge in [-0.2, -0.15) is 0 Å². The lowest BCUT2D eigenvalue weighted by molar-refractivity contribution is 0.300. The highest BCUT2D eigenvalue weighted by Crippen LogP contribution is 2.16. The molecule has 2 aromatic rings. The Balaban J connectivity index is 2.01. The quantitative estimate of drug-likeness (QED) is 0.883. The smallest absolute Gasteiger partial charge is 0.127 e. The summed E-state index contributed by atoms with van der Waals surface area (Å²) in [7, 11) is 0.